The number of carboxylic acid groups (broad SMARTS) is 1. The quantitative estimate of drug-likeness (QED) is 0.693. The number of carbonyl (C=O) groups is 2. The minimum Gasteiger partial charge on any atom is -0.497 e. The van der Waals surface area contributed by atoms with Crippen LogP contribution in [0.2, 0.25) is 5.02 Å². The highest BCUT2D eigenvalue weighted by atomic mass is 35.5. The fraction of sp³-hybridized carbons (Fsp3) is 0.0588. The molecule has 0 aliphatic heterocycles. The number of fused-ring (bicyclic) bond motifs is 1. The van der Waals surface area contributed by atoms with Gasteiger partial charge in [0.2, 0.25) is 0 Å². The largest absolute Gasteiger partial charge is 0.497 e. The van der Waals surface area contributed by atoms with Crippen molar-refractivity contribution in [3.8, 4) is 16.2 Å². The number of carbonyl (C=O) groups excluding carboxylic acids is 1. The predicted octanol–water partition coefficient (Wildman–Crippen LogP) is 4.74. The van der Waals surface area contributed by atoms with Gasteiger partial charge in [-0.2, -0.15) is 0 Å². The molecule has 1 heterocycles. The van der Waals surface area contributed by atoms with Gasteiger partial charge in [0.15, 0.2) is 6.29 Å². The Bertz CT molecular complexity index is 930. The number of methoxy groups -OCH3 is 1. The van der Waals surface area contributed by atoms with Crippen LogP contribution in [-0.2, 0) is 0 Å². The van der Waals surface area contributed by atoms with Gasteiger partial charge in [0.05, 0.1) is 12.7 Å². The summed E-state index contributed by atoms with van der Waals surface area (Å²) in [6.07, 6.45) is 0.732. The van der Waals surface area contributed by atoms with Gasteiger partial charge in [0, 0.05) is 31.1 Å². The molecular weight excluding hydrogens is 336 g/mol. The summed E-state index contributed by atoms with van der Waals surface area (Å²) in [5.41, 5.74) is 1.01. The van der Waals surface area contributed by atoms with Crippen molar-refractivity contribution in [2.45, 2.75) is 0 Å². The van der Waals surface area contributed by atoms with Gasteiger partial charge < -0.3 is 9.84 Å². The number of aldehydes is 1. The molecule has 0 atom stereocenters. The van der Waals surface area contributed by atoms with Crippen LogP contribution in [0.15, 0.2) is 36.4 Å². The van der Waals surface area contributed by atoms with E-state index in [-0.39, 0.29) is 5.56 Å². The molecule has 0 aliphatic rings. The second-order valence-electron chi connectivity index (χ2n) is 4.82. The zero-order valence-electron chi connectivity index (χ0n) is 12.0. The fourth-order valence-electron chi connectivity index (χ4n) is 2.43. The predicted molar refractivity (Wildman–Crippen MR) is 91.2 cm³/mol. The number of carboxylic acids is 1. The second-order valence-corrected chi connectivity index (χ2v) is 6.31. The van der Waals surface area contributed by atoms with Crippen molar-refractivity contribution in [1.82, 2.24) is 0 Å². The van der Waals surface area contributed by atoms with Crippen molar-refractivity contribution in [2.24, 2.45) is 0 Å². The normalized spacial score (nSPS) is 10.7. The number of hydrogen-bond acceptors (Lipinski definition) is 4. The number of aromatic carboxylic acids is 1. The molecular formula is C17H11ClO4S. The van der Waals surface area contributed by atoms with E-state index in [4.69, 9.17) is 16.3 Å². The first-order chi connectivity index (χ1) is 11.0. The molecule has 0 saturated carbocycles. The molecule has 0 aliphatic carbocycles. The van der Waals surface area contributed by atoms with Crippen LogP contribution < -0.4 is 4.74 Å². The van der Waals surface area contributed by atoms with Gasteiger partial charge in [0.25, 0.3) is 0 Å². The van der Waals surface area contributed by atoms with E-state index in [1.54, 1.807) is 24.3 Å². The molecule has 116 valence electrons. The van der Waals surface area contributed by atoms with Crippen molar-refractivity contribution in [1.29, 1.82) is 0 Å². The van der Waals surface area contributed by atoms with Gasteiger partial charge >= 0.3 is 5.97 Å². The summed E-state index contributed by atoms with van der Waals surface area (Å²) in [5, 5.41) is 10.7. The molecule has 6 heteroatoms. The SMILES string of the molecule is COc1ccc(C(=O)O)c(-c2sc3ccc(Cl)cc3c2C=O)c1. The number of rotatable bonds is 4. The average molecular weight is 347 g/mol. The third-order valence-corrected chi connectivity index (χ3v) is 4.96. The van der Waals surface area contributed by atoms with E-state index >= 15 is 0 Å². The maximum absolute atomic E-state index is 11.6. The Balaban J connectivity index is 2.36. The lowest BCUT2D eigenvalue weighted by molar-refractivity contribution is 0.0697. The maximum Gasteiger partial charge on any atom is 0.336 e. The lowest BCUT2D eigenvalue weighted by Gasteiger charge is -2.08. The molecule has 0 fully saturated rings. The summed E-state index contributed by atoms with van der Waals surface area (Å²) < 4.78 is 6.05. The zero-order chi connectivity index (χ0) is 16.6. The van der Waals surface area contributed by atoms with E-state index in [0.717, 1.165) is 11.0 Å². The number of benzene rings is 2. The van der Waals surface area contributed by atoms with E-state index in [9.17, 15) is 14.7 Å². The van der Waals surface area contributed by atoms with Crippen LogP contribution >= 0.6 is 22.9 Å². The van der Waals surface area contributed by atoms with Crippen LogP contribution in [-0.4, -0.2) is 24.5 Å². The third-order valence-electron chi connectivity index (χ3n) is 3.51. The molecule has 2 aromatic carbocycles. The zero-order valence-corrected chi connectivity index (χ0v) is 13.6. The minimum absolute atomic E-state index is 0.117. The summed E-state index contributed by atoms with van der Waals surface area (Å²) in [4.78, 5) is 23.7. The van der Waals surface area contributed by atoms with Gasteiger partial charge in [-0.05, 0) is 36.4 Å². The van der Waals surface area contributed by atoms with Crippen molar-refractivity contribution in [3.05, 3.63) is 52.5 Å². The molecule has 0 radical (unpaired) electrons. The molecule has 23 heavy (non-hydrogen) atoms. The molecule has 1 aromatic heterocycles. The Labute approximate surface area is 140 Å². The van der Waals surface area contributed by atoms with E-state index in [2.05, 4.69) is 0 Å². The highest BCUT2D eigenvalue weighted by Gasteiger charge is 2.20. The van der Waals surface area contributed by atoms with Gasteiger partial charge in [-0.1, -0.05) is 11.6 Å². The van der Waals surface area contributed by atoms with E-state index < -0.39 is 5.97 Å². The Morgan fingerprint density at radius 1 is 1.26 bits per heavy atom. The van der Waals surface area contributed by atoms with Gasteiger partial charge in [-0.15, -0.1) is 11.3 Å². The highest BCUT2D eigenvalue weighted by Crippen LogP contribution is 2.41. The molecule has 0 spiro atoms. The van der Waals surface area contributed by atoms with Crippen LogP contribution in [0.5, 0.6) is 5.75 Å². The van der Waals surface area contributed by atoms with Crippen LogP contribution in [0.25, 0.3) is 20.5 Å². The third kappa shape index (κ3) is 2.69. The monoisotopic (exact) mass is 346 g/mol. The first kappa shape index (κ1) is 15.5. The summed E-state index contributed by atoms with van der Waals surface area (Å²) in [5.74, 6) is -0.535. The molecule has 0 saturated heterocycles. The summed E-state index contributed by atoms with van der Waals surface area (Å²) in [6, 6.07) is 9.95. The van der Waals surface area contributed by atoms with Gasteiger partial charge in [-0.25, -0.2) is 4.79 Å². The van der Waals surface area contributed by atoms with Gasteiger partial charge in [-0.3, -0.25) is 4.79 Å². The fourth-order valence-corrected chi connectivity index (χ4v) is 3.78. The number of thiophene rings is 1. The standard InChI is InChI=1S/C17H11ClO4S/c1-22-10-3-4-11(17(20)21)13(7-10)16-14(8-19)12-6-9(18)2-5-15(12)23-16/h2-8H,1H3,(H,20,21). The lowest BCUT2D eigenvalue weighted by Crippen LogP contribution is -2.00. The first-order valence-corrected chi connectivity index (χ1v) is 7.83. The van der Waals surface area contributed by atoms with Crippen molar-refractivity contribution in [3.63, 3.8) is 0 Å². The molecule has 0 bridgehead atoms. The van der Waals surface area contributed by atoms with Crippen LogP contribution in [0, 0.1) is 0 Å². The molecule has 3 rings (SSSR count). The highest BCUT2D eigenvalue weighted by molar-refractivity contribution is 7.22. The summed E-state index contributed by atoms with van der Waals surface area (Å²) >= 11 is 7.36. The summed E-state index contributed by atoms with van der Waals surface area (Å²) in [7, 11) is 1.50. The molecule has 3 aromatic rings. The average Bonchev–Trinajstić information content (AvgIpc) is 2.91. The van der Waals surface area contributed by atoms with Crippen molar-refractivity contribution < 1.29 is 19.4 Å². The molecule has 4 nitrogen and oxygen atoms in total. The Kier molecular flexibility index (Phi) is 4.07. The number of hydrogen-bond donors (Lipinski definition) is 1. The first-order valence-electron chi connectivity index (χ1n) is 6.64. The summed E-state index contributed by atoms with van der Waals surface area (Å²) in [6.45, 7) is 0. The molecule has 0 unspecified atom stereocenters. The van der Waals surface area contributed by atoms with Crippen molar-refractivity contribution >= 4 is 45.3 Å². The van der Waals surface area contributed by atoms with E-state index in [0.29, 0.717) is 32.2 Å². The van der Waals surface area contributed by atoms with E-state index in [1.165, 1.54) is 24.5 Å². The number of ether oxygens (including phenoxy) is 1. The molecule has 0 amide bonds. The van der Waals surface area contributed by atoms with Crippen LogP contribution in [0.1, 0.15) is 20.7 Å². The van der Waals surface area contributed by atoms with E-state index in [1.807, 2.05) is 6.07 Å². The Hall–Kier alpha value is -2.37. The number of halogens is 1. The second kappa shape index (κ2) is 6.02. The van der Waals surface area contributed by atoms with Crippen LogP contribution in [0.4, 0.5) is 0 Å². The van der Waals surface area contributed by atoms with Gasteiger partial charge in [0.1, 0.15) is 5.75 Å². The maximum atomic E-state index is 11.6. The van der Waals surface area contributed by atoms with Crippen LogP contribution in [0.3, 0.4) is 0 Å². The smallest absolute Gasteiger partial charge is 0.336 e. The lowest BCUT2D eigenvalue weighted by atomic mass is 10.0. The minimum atomic E-state index is -1.06. The topological polar surface area (TPSA) is 63.6 Å². The molecule has 1 N–H and O–H groups in total. The Morgan fingerprint density at radius 2 is 2.04 bits per heavy atom. The Morgan fingerprint density at radius 3 is 2.70 bits per heavy atom. The van der Waals surface area contributed by atoms with Crippen molar-refractivity contribution in [2.75, 3.05) is 7.11 Å².